The van der Waals surface area contributed by atoms with Crippen LogP contribution in [0.15, 0.2) is 11.6 Å². The fourth-order valence-corrected chi connectivity index (χ4v) is 7.90. The molecule has 1 heterocycles. The number of fused-ring (bicyclic) bond motifs is 5. The maximum atomic E-state index is 10.2. The topological polar surface area (TPSA) is 49.7 Å². The van der Waals surface area contributed by atoms with Gasteiger partial charge in [0, 0.05) is 6.61 Å². The van der Waals surface area contributed by atoms with Crippen LogP contribution < -0.4 is 0 Å². The average Bonchev–Trinajstić information content (AvgIpc) is 3.05. The van der Waals surface area contributed by atoms with Crippen molar-refractivity contribution in [3.05, 3.63) is 11.6 Å². The highest BCUT2D eigenvalue weighted by Gasteiger charge is 2.60. The monoisotopic (exact) mass is 420 g/mol. The van der Waals surface area contributed by atoms with E-state index in [1.165, 1.54) is 32.1 Å². The summed E-state index contributed by atoms with van der Waals surface area (Å²) in [7, 11) is 0. The molecule has 3 nitrogen and oxygen atoms in total. The molecule has 3 aliphatic carbocycles. The van der Waals surface area contributed by atoms with Crippen molar-refractivity contribution in [2.75, 3.05) is 13.2 Å². The van der Waals surface area contributed by atoms with E-state index in [1.807, 2.05) is 0 Å². The van der Waals surface area contributed by atoms with E-state index in [0.29, 0.717) is 41.3 Å². The second kappa shape index (κ2) is 9.24. The highest BCUT2D eigenvalue weighted by molar-refractivity contribution is 5.25. The van der Waals surface area contributed by atoms with Gasteiger partial charge in [0.1, 0.15) is 0 Å². The van der Waals surface area contributed by atoms with E-state index in [2.05, 4.69) is 33.8 Å². The predicted octanol–water partition coefficient (Wildman–Crippen LogP) is 5.99. The van der Waals surface area contributed by atoms with Crippen LogP contribution in [0.4, 0.5) is 0 Å². The minimum atomic E-state index is -0.117. The Morgan fingerprint density at radius 2 is 1.90 bits per heavy atom. The molecule has 0 aromatic heterocycles. The molecule has 2 N–H and O–H groups in total. The van der Waals surface area contributed by atoms with E-state index in [1.54, 1.807) is 5.57 Å². The Balaban J connectivity index is 0.00000256. The van der Waals surface area contributed by atoms with Crippen LogP contribution in [0.25, 0.3) is 0 Å². The Morgan fingerprint density at radius 3 is 2.63 bits per heavy atom. The van der Waals surface area contributed by atoms with Crippen molar-refractivity contribution in [2.45, 2.75) is 105 Å². The van der Waals surface area contributed by atoms with Crippen LogP contribution in [0.1, 0.15) is 92.9 Å². The number of hydrogen-bond acceptors (Lipinski definition) is 3. The van der Waals surface area contributed by atoms with Gasteiger partial charge in [-0.1, -0.05) is 53.2 Å². The largest absolute Gasteiger partial charge is 0.396 e. The average molecular weight is 421 g/mol. The first kappa shape index (κ1) is 24.3. The molecule has 4 aliphatic rings. The van der Waals surface area contributed by atoms with Gasteiger partial charge in [-0.3, -0.25) is 0 Å². The van der Waals surface area contributed by atoms with E-state index in [0.717, 1.165) is 44.1 Å². The molecule has 0 aromatic rings. The number of ether oxygens (including phenoxy) is 1. The maximum Gasteiger partial charge on any atom is 0.0657 e. The Morgan fingerprint density at radius 1 is 1.13 bits per heavy atom. The third-order valence-electron chi connectivity index (χ3n) is 9.81. The molecule has 0 amide bonds. The zero-order valence-corrected chi connectivity index (χ0v) is 19.2. The first-order valence-corrected chi connectivity index (χ1v) is 12.4. The van der Waals surface area contributed by atoms with Gasteiger partial charge >= 0.3 is 0 Å². The van der Waals surface area contributed by atoms with Crippen molar-refractivity contribution in [3.63, 3.8) is 0 Å². The summed E-state index contributed by atoms with van der Waals surface area (Å²) >= 11 is 0. The van der Waals surface area contributed by atoms with Crippen LogP contribution in [0.2, 0.25) is 0 Å². The summed E-state index contributed by atoms with van der Waals surface area (Å²) < 4.78 is 6.57. The highest BCUT2D eigenvalue weighted by atomic mass is 16.5. The fourth-order valence-electron chi connectivity index (χ4n) is 7.90. The van der Waals surface area contributed by atoms with E-state index in [-0.39, 0.29) is 13.5 Å². The van der Waals surface area contributed by atoms with Crippen molar-refractivity contribution >= 4 is 0 Å². The zero-order valence-electron chi connectivity index (χ0n) is 19.2. The lowest BCUT2D eigenvalue weighted by Crippen LogP contribution is -2.52. The maximum absolute atomic E-state index is 10.2. The lowest BCUT2D eigenvalue weighted by molar-refractivity contribution is -0.0523. The molecule has 0 radical (unpaired) electrons. The molecule has 3 heteroatoms. The Kier molecular flexibility index (Phi) is 7.47. The Bertz CT molecular complexity index is 615. The van der Waals surface area contributed by atoms with E-state index >= 15 is 0 Å². The van der Waals surface area contributed by atoms with Gasteiger partial charge in [0.05, 0.1) is 18.8 Å². The number of rotatable bonds is 6. The standard InChI is InChI=1S/C26H44O3.CH4/c1-17(15-27)6-5-7-18(2)24-26(4)13-11-22-21(23(26)16-29-24)9-8-19-14-20(28)10-12-25(19,22)3;/h8,17-18,20-24,27-28H,5-7,9-16H2,1-4H3;1H4/t17?,18-,20?,21?,22?,23?,24?,25?,26?;/m1./s1. The summed E-state index contributed by atoms with van der Waals surface area (Å²) in [4.78, 5) is 0. The summed E-state index contributed by atoms with van der Waals surface area (Å²) in [5.74, 6) is 3.23. The van der Waals surface area contributed by atoms with Gasteiger partial charge in [0.25, 0.3) is 0 Å². The molecular formula is C27H48O3. The quantitative estimate of drug-likeness (QED) is 0.519. The van der Waals surface area contributed by atoms with Gasteiger partial charge < -0.3 is 14.9 Å². The molecule has 1 saturated heterocycles. The van der Waals surface area contributed by atoms with E-state index in [9.17, 15) is 10.2 Å². The molecular weight excluding hydrogens is 372 g/mol. The van der Waals surface area contributed by atoms with Gasteiger partial charge in [0.15, 0.2) is 0 Å². The Hall–Kier alpha value is -0.380. The summed E-state index contributed by atoms with van der Waals surface area (Å²) in [6.07, 6.45) is 13.2. The molecule has 30 heavy (non-hydrogen) atoms. The molecule has 8 unspecified atom stereocenters. The number of aliphatic hydroxyl groups is 2. The minimum Gasteiger partial charge on any atom is -0.396 e. The van der Waals surface area contributed by atoms with Crippen molar-refractivity contribution in [2.24, 2.45) is 40.4 Å². The summed E-state index contributed by atoms with van der Waals surface area (Å²) in [5, 5.41) is 19.5. The van der Waals surface area contributed by atoms with Crippen molar-refractivity contribution in [1.29, 1.82) is 0 Å². The summed E-state index contributed by atoms with van der Waals surface area (Å²) in [5.41, 5.74) is 2.19. The SMILES string of the molecule is C.CC(CO)CCC[C@@H](C)C1OCC2C3CC=C4CC(O)CCC4(C)C3CCC21C. The number of hydrogen-bond donors (Lipinski definition) is 2. The van der Waals surface area contributed by atoms with Crippen LogP contribution in [-0.4, -0.2) is 35.6 Å². The molecule has 2 saturated carbocycles. The first-order valence-electron chi connectivity index (χ1n) is 12.4. The van der Waals surface area contributed by atoms with Crippen LogP contribution in [-0.2, 0) is 4.74 Å². The highest BCUT2D eigenvalue weighted by Crippen LogP contribution is 2.64. The fraction of sp³-hybridized carbons (Fsp3) is 0.926. The minimum absolute atomic E-state index is 0. The predicted molar refractivity (Wildman–Crippen MR) is 124 cm³/mol. The lowest BCUT2D eigenvalue weighted by Gasteiger charge is -2.57. The van der Waals surface area contributed by atoms with Crippen molar-refractivity contribution in [1.82, 2.24) is 0 Å². The van der Waals surface area contributed by atoms with Crippen LogP contribution in [0.3, 0.4) is 0 Å². The molecule has 9 atom stereocenters. The third-order valence-corrected chi connectivity index (χ3v) is 9.81. The van der Waals surface area contributed by atoms with Gasteiger partial charge in [-0.2, -0.15) is 0 Å². The molecule has 3 fully saturated rings. The van der Waals surface area contributed by atoms with Gasteiger partial charge in [-0.05, 0) is 91.8 Å². The lowest BCUT2D eigenvalue weighted by atomic mass is 9.47. The van der Waals surface area contributed by atoms with E-state index < -0.39 is 0 Å². The molecule has 174 valence electrons. The third kappa shape index (κ3) is 4.04. The summed E-state index contributed by atoms with van der Waals surface area (Å²) in [6.45, 7) is 10.8. The normalized spacial score (nSPS) is 44.7. The van der Waals surface area contributed by atoms with Gasteiger partial charge in [-0.15, -0.1) is 0 Å². The molecule has 4 rings (SSSR count). The van der Waals surface area contributed by atoms with E-state index in [4.69, 9.17) is 4.74 Å². The Labute approximate surface area is 185 Å². The van der Waals surface area contributed by atoms with Crippen LogP contribution in [0, 0.1) is 40.4 Å². The molecule has 1 aliphatic heterocycles. The molecule has 0 spiro atoms. The number of aliphatic hydroxyl groups excluding tert-OH is 2. The van der Waals surface area contributed by atoms with Crippen LogP contribution >= 0.6 is 0 Å². The van der Waals surface area contributed by atoms with Gasteiger partial charge in [-0.25, -0.2) is 0 Å². The number of allylic oxidation sites excluding steroid dienone is 1. The van der Waals surface area contributed by atoms with Crippen molar-refractivity contribution < 1.29 is 14.9 Å². The van der Waals surface area contributed by atoms with Crippen LogP contribution in [0.5, 0.6) is 0 Å². The summed E-state index contributed by atoms with van der Waals surface area (Å²) in [6, 6.07) is 0. The zero-order chi connectivity index (χ0) is 20.8. The second-order valence-electron chi connectivity index (χ2n) is 11.7. The second-order valence-corrected chi connectivity index (χ2v) is 11.7. The molecule has 0 aromatic carbocycles. The van der Waals surface area contributed by atoms with Crippen molar-refractivity contribution in [3.8, 4) is 0 Å². The van der Waals surface area contributed by atoms with Gasteiger partial charge in [0.2, 0.25) is 0 Å². The molecule has 0 bridgehead atoms. The smallest absolute Gasteiger partial charge is 0.0657 e. The first-order chi connectivity index (χ1) is 13.8.